The number of carbonyl (C=O) groups excluding carboxylic acids is 1. The lowest BCUT2D eigenvalue weighted by molar-refractivity contribution is -0.132. The third kappa shape index (κ3) is 5.14. The highest BCUT2D eigenvalue weighted by Gasteiger charge is 2.23. The summed E-state index contributed by atoms with van der Waals surface area (Å²) in [5.41, 5.74) is 7.12. The average molecular weight is 386 g/mol. The molecular weight excluding hydrogens is 354 g/mol. The fraction of sp³-hybridized carbons (Fsp3) is 0.296. The summed E-state index contributed by atoms with van der Waals surface area (Å²) in [6, 6.07) is 25.3. The van der Waals surface area contributed by atoms with Crippen LogP contribution in [0, 0.1) is 13.8 Å². The Morgan fingerprint density at radius 2 is 1.45 bits per heavy atom. The molecule has 1 atom stereocenters. The van der Waals surface area contributed by atoms with Crippen LogP contribution in [0.3, 0.4) is 0 Å². The standard InChI is InChI=1S/C27H31NO/c1-5-18-28(27(29)19-23-14-10-20(2)11-15-23)22(4)25-8-6-7-9-26(25)24-16-12-21(3)13-17-24/h6-17,22H,5,18-19H2,1-4H3. The predicted octanol–water partition coefficient (Wildman–Crippen LogP) is 6.51. The van der Waals surface area contributed by atoms with Crippen LogP contribution in [-0.2, 0) is 11.2 Å². The molecule has 0 aromatic heterocycles. The number of benzene rings is 3. The van der Waals surface area contributed by atoms with E-state index in [4.69, 9.17) is 0 Å². The van der Waals surface area contributed by atoms with Gasteiger partial charge in [-0.1, -0.05) is 90.8 Å². The summed E-state index contributed by atoms with van der Waals surface area (Å²) in [5, 5.41) is 0. The Morgan fingerprint density at radius 3 is 2.07 bits per heavy atom. The summed E-state index contributed by atoms with van der Waals surface area (Å²) in [4.78, 5) is 15.3. The van der Waals surface area contributed by atoms with Crippen molar-refractivity contribution in [2.75, 3.05) is 6.54 Å². The van der Waals surface area contributed by atoms with Crippen molar-refractivity contribution in [3.05, 3.63) is 95.1 Å². The van der Waals surface area contributed by atoms with Crippen LogP contribution in [0.25, 0.3) is 11.1 Å². The molecular formula is C27H31NO. The van der Waals surface area contributed by atoms with Crippen LogP contribution >= 0.6 is 0 Å². The molecule has 2 heteroatoms. The molecule has 3 aromatic rings. The molecule has 0 aliphatic rings. The first kappa shape index (κ1) is 20.9. The van der Waals surface area contributed by atoms with E-state index in [1.807, 2.05) is 4.90 Å². The van der Waals surface area contributed by atoms with Gasteiger partial charge < -0.3 is 4.90 Å². The molecule has 29 heavy (non-hydrogen) atoms. The summed E-state index contributed by atoms with van der Waals surface area (Å²) < 4.78 is 0. The average Bonchev–Trinajstić information content (AvgIpc) is 2.73. The molecule has 3 rings (SSSR count). The molecule has 0 fully saturated rings. The van der Waals surface area contributed by atoms with Gasteiger partial charge in [0.2, 0.25) is 5.91 Å². The van der Waals surface area contributed by atoms with Crippen LogP contribution in [0.2, 0.25) is 0 Å². The van der Waals surface area contributed by atoms with Crippen molar-refractivity contribution in [1.82, 2.24) is 4.90 Å². The molecule has 3 aromatic carbocycles. The van der Waals surface area contributed by atoms with Gasteiger partial charge in [0.1, 0.15) is 0 Å². The van der Waals surface area contributed by atoms with Crippen molar-refractivity contribution in [3.63, 3.8) is 0 Å². The maximum atomic E-state index is 13.2. The van der Waals surface area contributed by atoms with E-state index >= 15 is 0 Å². The van der Waals surface area contributed by atoms with E-state index in [1.54, 1.807) is 0 Å². The zero-order valence-corrected chi connectivity index (χ0v) is 18.0. The molecule has 1 unspecified atom stereocenters. The molecule has 0 aliphatic heterocycles. The summed E-state index contributed by atoms with van der Waals surface area (Å²) in [6.45, 7) is 9.21. The third-order valence-electron chi connectivity index (χ3n) is 5.50. The van der Waals surface area contributed by atoms with E-state index in [9.17, 15) is 4.79 Å². The first-order valence-corrected chi connectivity index (χ1v) is 10.5. The van der Waals surface area contributed by atoms with E-state index in [1.165, 1.54) is 27.8 Å². The minimum atomic E-state index is 0.0189. The lowest BCUT2D eigenvalue weighted by Crippen LogP contribution is -2.35. The Bertz CT molecular complexity index is 941. The summed E-state index contributed by atoms with van der Waals surface area (Å²) >= 11 is 0. The minimum absolute atomic E-state index is 0.0189. The van der Waals surface area contributed by atoms with Gasteiger partial charge in [-0.3, -0.25) is 4.79 Å². The van der Waals surface area contributed by atoms with Gasteiger partial charge in [0.15, 0.2) is 0 Å². The molecule has 1 amide bonds. The van der Waals surface area contributed by atoms with Crippen LogP contribution in [0.15, 0.2) is 72.8 Å². The Labute approximate surface area is 175 Å². The number of hydrogen-bond acceptors (Lipinski definition) is 1. The number of amides is 1. The van der Waals surface area contributed by atoms with Gasteiger partial charge in [-0.25, -0.2) is 0 Å². The molecule has 0 spiro atoms. The predicted molar refractivity (Wildman–Crippen MR) is 122 cm³/mol. The first-order chi connectivity index (χ1) is 14.0. The second-order valence-electron chi connectivity index (χ2n) is 7.88. The van der Waals surface area contributed by atoms with E-state index in [0.29, 0.717) is 6.42 Å². The Morgan fingerprint density at radius 1 is 0.862 bits per heavy atom. The molecule has 0 radical (unpaired) electrons. The number of rotatable bonds is 7. The van der Waals surface area contributed by atoms with Gasteiger partial charge >= 0.3 is 0 Å². The molecule has 0 saturated heterocycles. The first-order valence-electron chi connectivity index (χ1n) is 10.5. The highest BCUT2D eigenvalue weighted by Crippen LogP contribution is 2.32. The fourth-order valence-electron chi connectivity index (χ4n) is 3.78. The van der Waals surface area contributed by atoms with Crippen molar-refractivity contribution in [3.8, 4) is 11.1 Å². The van der Waals surface area contributed by atoms with Crippen LogP contribution in [0.5, 0.6) is 0 Å². The van der Waals surface area contributed by atoms with E-state index in [0.717, 1.165) is 18.5 Å². The summed E-state index contributed by atoms with van der Waals surface area (Å²) in [6.07, 6.45) is 1.38. The van der Waals surface area contributed by atoms with Crippen molar-refractivity contribution in [2.45, 2.75) is 46.6 Å². The van der Waals surface area contributed by atoms with Gasteiger partial charge in [-0.2, -0.15) is 0 Å². The lowest BCUT2D eigenvalue weighted by atomic mass is 9.94. The number of hydrogen-bond donors (Lipinski definition) is 0. The highest BCUT2D eigenvalue weighted by molar-refractivity contribution is 5.80. The van der Waals surface area contributed by atoms with Crippen molar-refractivity contribution in [2.24, 2.45) is 0 Å². The van der Waals surface area contributed by atoms with Crippen molar-refractivity contribution < 1.29 is 4.79 Å². The van der Waals surface area contributed by atoms with Gasteiger partial charge in [-0.15, -0.1) is 0 Å². The molecule has 0 saturated carbocycles. The second kappa shape index (κ2) is 9.56. The smallest absolute Gasteiger partial charge is 0.227 e. The van der Waals surface area contributed by atoms with Crippen molar-refractivity contribution >= 4 is 5.91 Å². The molecule has 0 bridgehead atoms. The molecule has 0 heterocycles. The maximum absolute atomic E-state index is 13.2. The topological polar surface area (TPSA) is 20.3 Å². The second-order valence-corrected chi connectivity index (χ2v) is 7.88. The highest BCUT2D eigenvalue weighted by atomic mass is 16.2. The zero-order valence-electron chi connectivity index (χ0n) is 18.0. The maximum Gasteiger partial charge on any atom is 0.227 e. The molecule has 2 nitrogen and oxygen atoms in total. The number of carbonyl (C=O) groups is 1. The number of aryl methyl sites for hydroxylation is 2. The largest absolute Gasteiger partial charge is 0.336 e. The monoisotopic (exact) mass is 385 g/mol. The Balaban J connectivity index is 1.89. The van der Waals surface area contributed by atoms with Crippen LogP contribution in [0.4, 0.5) is 0 Å². The van der Waals surface area contributed by atoms with Gasteiger partial charge in [0.25, 0.3) is 0 Å². The molecule has 0 aliphatic carbocycles. The van der Waals surface area contributed by atoms with E-state index in [2.05, 4.69) is 100 Å². The van der Waals surface area contributed by atoms with Crippen LogP contribution in [0.1, 0.15) is 48.6 Å². The van der Waals surface area contributed by atoms with Gasteiger partial charge in [0, 0.05) is 6.54 Å². The van der Waals surface area contributed by atoms with Gasteiger partial charge in [-0.05, 0) is 49.4 Å². The van der Waals surface area contributed by atoms with Crippen molar-refractivity contribution in [1.29, 1.82) is 0 Å². The SMILES string of the molecule is CCCN(C(=O)Cc1ccc(C)cc1)C(C)c1ccccc1-c1ccc(C)cc1. The fourth-order valence-corrected chi connectivity index (χ4v) is 3.78. The van der Waals surface area contributed by atoms with Gasteiger partial charge in [0.05, 0.1) is 12.5 Å². The van der Waals surface area contributed by atoms with Crippen LogP contribution in [-0.4, -0.2) is 17.4 Å². The molecule has 150 valence electrons. The quantitative estimate of drug-likeness (QED) is 0.454. The summed E-state index contributed by atoms with van der Waals surface area (Å²) in [5.74, 6) is 0.182. The number of nitrogens with zero attached hydrogens (tertiary/aromatic N) is 1. The summed E-state index contributed by atoms with van der Waals surface area (Å²) in [7, 11) is 0. The lowest BCUT2D eigenvalue weighted by Gasteiger charge is -2.31. The normalized spacial score (nSPS) is 11.9. The van der Waals surface area contributed by atoms with E-state index in [-0.39, 0.29) is 11.9 Å². The Hall–Kier alpha value is -2.87. The zero-order chi connectivity index (χ0) is 20.8. The third-order valence-corrected chi connectivity index (χ3v) is 5.50. The van der Waals surface area contributed by atoms with E-state index < -0.39 is 0 Å². The molecule has 0 N–H and O–H groups in total. The minimum Gasteiger partial charge on any atom is -0.336 e. The van der Waals surface area contributed by atoms with Crippen LogP contribution < -0.4 is 0 Å². The Kier molecular flexibility index (Phi) is 6.87.